The molecular formula is C19H11NO3. The van der Waals surface area contributed by atoms with Crippen molar-refractivity contribution >= 4 is 22.5 Å². The molecule has 110 valence electrons. The molecule has 0 saturated carbocycles. The van der Waals surface area contributed by atoms with Gasteiger partial charge in [-0.25, -0.2) is 0 Å². The summed E-state index contributed by atoms with van der Waals surface area (Å²) in [5, 5.41) is 4.55. The van der Waals surface area contributed by atoms with Gasteiger partial charge in [-0.15, -0.1) is 0 Å². The smallest absolute Gasteiger partial charge is 0.274 e. The standard InChI is InChI=1S/C19H11NO3/c21-17-16-12-6-2-1-5-11(12)9-10-15(16)23-19(17)14-8-4-3-7-13(14)18(22)20-19/h1-10H,(H,20,22). The summed E-state index contributed by atoms with van der Waals surface area (Å²) in [7, 11) is 0. The highest BCUT2D eigenvalue weighted by molar-refractivity contribution is 6.20. The van der Waals surface area contributed by atoms with Gasteiger partial charge in [0.25, 0.3) is 11.6 Å². The highest BCUT2D eigenvalue weighted by Crippen LogP contribution is 2.46. The molecule has 2 aliphatic rings. The summed E-state index contributed by atoms with van der Waals surface area (Å²) < 4.78 is 5.99. The van der Waals surface area contributed by atoms with Crippen molar-refractivity contribution in [2.45, 2.75) is 5.72 Å². The summed E-state index contributed by atoms with van der Waals surface area (Å²) in [6, 6.07) is 18.4. The highest BCUT2D eigenvalue weighted by Gasteiger charge is 2.56. The Morgan fingerprint density at radius 3 is 2.57 bits per heavy atom. The van der Waals surface area contributed by atoms with E-state index in [1.807, 2.05) is 30.3 Å². The predicted molar refractivity (Wildman–Crippen MR) is 84.5 cm³/mol. The second-order valence-corrected chi connectivity index (χ2v) is 5.77. The van der Waals surface area contributed by atoms with E-state index in [1.165, 1.54) is 0 Å². The first kappa shape index (κ1) is 12.4. The maximum absolute atomic E-state index is 13.2. The van der Waals surface area contributed by atoms with Gasteiger partial charge in [-0.3, -0.25) is 9.59 Å². The Labute approximate surface area is 131 Å². The van der Waals surface area contributed by atoms with Crippen molar-refractivity contribution in [1.29, 1.82) is 0 Å². The van der Waals surface area contributed by atoms with Crippen LogP contribution >= 0.6 is 0 Å². The minimum absolute atomic E-state index is 0.220. The second kappa shape index (κ2) is 3.98. The van der Waals surface area contributed by atoms with Crippen LogP contribution < -0.4 is 10.1 Å². The Hall–Kier alpha value is -3.14. The van der Waals surface area contributed by atoms with Gasteiger partial charge in [0.05, 0.1) is 5.56 Å². The van der Waals surface area contributed by atoms with Gasteiger partial charge < -0.3 is 10.1 Å². The lowest BCUT2D eigenvalue weighted by Gasteiger charge is -2.22. The number of benzene rings is 3. The van der Waals surface area contributed by atoms with Gasteiger partial charge in [0.1, 0.15) is 5.75 Å². The van der Waals surface area contributed by atoms with Gasteiger partial charge in [0.15, 0.2) is 0 Å². The fourth-order valence-electron chi connectivity index (χ4n) is 3.50. The van der Waals surface area contributed by atoms with Crippen LogP contribution in [-0.2, 0) is 5.72 Å². The van der Waals surface area contributed by atoms with Crippen molar-refractivity contribution in [2.24, 2.45) is 0 Å². The maximum atomic E-state index is 13.2. The molecule has 4 nitrogen and oxygen atoms in total. The van der Waals surface area contributed by atoms with Crippen LogP contribution in [0.4, 0.5) is 0 Å². The van der Waals surface area contributed by atoms with E-state index in [1.54, 1.807) is 30.3 Å². The van der Waals surface area contributed by atoms with Gasteiger partial charge >= 0.3 is 0 Å². The average Bonchev–Trinajstić information content (AvgIpc) is 3.04. The summed E-state index contributed by atoms with van der Waals surface area (Å²) in [5.74, 6) is -0.000588. The maximum Gasteiger partial charge on any atom is 0.274 e. The fourth-order valence-corrected chi connectivity index (χ4v) is 3.50. The molecule has 1 amide bonds. The Morgan fingerprint density at radius 1 is 0.870 bits per heavy atom. The normalized spacial score (nSPS) is 21.2. The molecule has 3 aromatic carbocycles. The zero-order valence-corrected chi connectivity index (χ0v) is 12.0. The number of rotatable bonds is 0. The van der Waals surface area contributed by atoms with Crippen LogP contribution in [0, 0.1) is 0 Å². The molecule has 5 rings (SSSR count). The molecule has 4 heteroatoms. The van der Waals surface area contributed by atoms with E-state index >= 15 is 0 Å². The Kier molecular flexibility index (Phi) is 2.15. The summed E-state index contributed by atoms with van der Waals surface area (Å²) >= 11 is 0. The first-order chi connectivity index (χ1) is 11.2. The molecule has 0 aliphatic carbocycles. The summed E-state index contributed by atoms with van der Waals surface area (Å²) in [5.41, 5.74) is 0.161. The molecule has 23 heavy (non-hydrogen) atoms. The molecule has 0 aromatic heterocycles. The topological polar surface area (TPSA) is 55.4 Å². The molecule has 1 atom stereocenters. The van der Waals surface area contributed by atoms with Gasteiger partial charge in [0, 0.05) is 11.1 Å². The van der Waals surface area contributed by atoms with Crippen LogP contribution in [0.2, 0.25) is 0 Å². The van der Waals surface area contributed by atoms with E-state index < -0.39 is 5.72 Å². The zero-order valence-electron chi connectivity index (χ0n) is 12.0. The molecule has 1 unspecified atom stereocenters. The van der Waals surface area contributed by atoms with Crippen molar-refractivity contribution in [3.8, 4) is 5.75 Å². The molecule has 0 radical (unpaired) electrons. The molecular weight excluding hydrogens is 290 g/mol. The third kappa shape index (κ3) is 1.40. The Bertz CT molecular complexity index is 1020. The van der Waals surface area contributed by atoms with Crippen LogP contribution in [0.3, 0.4) is 0 Å². The number of hydrogen-bond acceptors (Lipinski definition) is 3. The van der Waals surface area contributed by atoms with Crippen LogP contribution in [0.15, 0.2) is 60.7 Å². The number of carbonyl (C=O) groups excluding carboxylic acids is 2. The van der Waals surface area contributed by atoms with E-state index in [0.29, 0.717) is 22.4 Å². The van der Waals surface area contributed by atoms with E-state index in [9.17, 15) is 9.59 Å². The number of fused-ring (bicyclic) bond motifs is 5. The van der Waals surface area contributed by atoms with Crippen LogP contribution in [0.25, 0.3) is 10.8 Å². The molecule has 0 saturated heterocycles. The van der Waals surface area contributed by atoms with Crippen molar-refractivity contribution in [1.82, 2.24) is 5.32 Å². The molecule has 2 heterocycles. The summed E-state index contributed by atoms with van der Waals surface area (Å²) in [6.07, 6.45) is 0. The number of nitrogens with one attached hydrogen (secondary N) is 1. The minimum Gasteiger partial charge on any atom is -0.455 e. The van der Waals surface area contributed by atoms with Gasteiger partial charge in [-0.05, 0) is 22.9 Å². The van der Waals surface area contributed by atoms with Crippen molar-refractivity contribution in [2.75, 3.05) is 0 Å². The highest BCUT2D eigenvalue weighted by atomic mass is 16.5. The van der Waals surface area contributed by atoms with Gasteiger partial charge in [-0.1, -0.05) is 48.5 Å². The molecule has 3 aromatic rings. The fraction of sp³-hybridized carbons (Fsp3) is 0.0526. The Morgan fingerprint density at radius 2 is 1.65 bits per heavy atom. The molecule has 1 N–H and O–H groups in total. The predicted octanol–water partition coefficient (Wildman–Crippen LogP) is 3.01. The lowest BCUT2D eigenvalue weighted by atomic mass is 9.93. The molecule has 0 bridgehead atoms. The van der Waals surface area contributed by atoms with Crippen molar-refractivity contribution in [3.63, 3.8) is 0 Å². The molecule has 0 fully saturated rings. The van der Waals surface area contributed by atoms with E-state index in [4.69, 9.17) is 4.74 Å². The number of ether oxygens (including phenoxy) is 1. The third-order valence-electron chi connectivity index (χ3n) is 4.54. The average molecular weight is 301 g/mol. The van der Waals surface area contributed by atoms with E-state index in [-0.39, 0.29) is 11.7 Å². The zero-order chi connectivity index (χ0) is 15.6. The van der Waals surface area contributed by atoms with Gasteiger partial charge in [0.2, 0.25) is 5.78 Å². The largest absolute Gasteiger partial charge is 0.455 e. The number of Topliss-reactive ketones (excluding diaryl/α,β-unsaturated/α-hetero) is 1. The third-order valence-corrected chi connectivity index (χ3v) is 4.54. The van der Waals surface area contributed by atoms with Crippen molar-refractivity contribution in [3.05, 3.63) is 77.4 Å². The number of amides is 1. The number of hydrogen-bond donors (Lipinski definition) is 1. The molecule has 2 aliphatic heterocycles. The van der Waals surface area contributed by atoms with E-state index in [2.05, 4.69) is 5.32 Å². The van der Waals surface area contributed by atoms with Crippen LogP contribution in [0.1, 0.15) is 26.3 Å². The summed E-state index contributed by atoms with van der Waals surface area (Å²) in [6.45, 7) is 0. The monoisotopic (exact) mass is 301 g/mol. The lowest BCUT2D eigenvalue weighted by molar-refractivity contribution is 0.0414. The van der Waals surface area contributed by atoms with Crippen LogP contribution in [0.5, 0.6) is 5.75 Å². The first-order valence-electron chi connectivity index (χ1n) is 7.38. The van der Waals surface area contributed by atoms with E-state index in [0.717, 1.165) is 10.8 Å². The van der Waals surface area contributed by atoms with Crippen molar-refractivity contribution < 1.29 is 14.3 Å². The Balaban J connectivity index is 1.80. The molecule has 1 spiro atoms. The summed E-state index contributed by atoms with van der Waals surface area (Å²) in [4.78, 5) is 25.4. The number of carbonyl (C=O) groups is 2. The SMILES string of the molecule is O=C1NC2(Oc3ccc4ccccc4c3C2=O)c2ccccc21. The quantitative estimate of drug-likeness (QED) is 0.694. The van der Waals surface area contributed by atoms with Gasteiger partial charge in [-0.2, -0.15) is 0 Å². The van der Waals surface area contributed by atoms with Crippen LogP contribution in [-0.4, -0.2) is 11.7 Å². The lowest BCUT2D eigenvalue weighted by Crippen LogP contribution is -2.47. The number of ketones is 1. The minimum atomic E-state index is -1.43. The second-order valence-electron chi connectivity index (χ2n) is 5.77. The first-order valence-corrected chi connectivity index (χ1v) is 7.38.